The molecule has 6 nitrogen and oxygen atoms in total. The van der Waals surface area contributed by atoms with E-state index in [1.165, 1.54) is 24.3 Å². The first-order valence-electron chi connectivity index (χ1n) is 8.55. The summed E-state index contributed by atoms with van der Waals surface area (Å²) in [5.74, 6) is -2.86. The molecule has 0 radical (unpaired) electrons. The highest BCUT2D eigenvalue weighted by Crippen LogP contribution is 2.32. The van der Waals surface area contributed by atoms with Gasteiger partial charge < -0.3 is 15.7 Å². The third-order valence-electron chi connectivity index (χ3n) is 4.84. The molecule has 27 heavy (non-hydrogen) atoms. The van der Waals surface area contributed by atoms with E-state index in [4.69, 9.17) is 0 Å². The fraction of sp³-hybridized carbons (Fsp3) is 0.250. The highest BCUT2D eigenvalue weighted by molar-refractivity contribution is 6.06. The molecule has 0 saturated heterocycles. The van der Waals surface area contributed by atoms with Gasteiger partial charge in [-0.2, -0.15) is 0 Å². The number of hydrogen-bond donors (Lipinski definition) is 3. The van der Waals surface area contributed by atoms with Crippen LogP contribution in [0.15, 0.2) is 42.5 Å². The number of halogens is 1. The maximum atomic E-state index is 13.8. The molecular formula is C20H19FN2O4. The Hall–Kier alpha value is -3.22. The molecular weight excluding hydrogens is 351 g/mol. The number of anilines is 1. The van der Waals surface area contributed by atoms with Crippen molar-refractivity contribution in [2.24, 2.45) is 0 Å². The van der Waals surface area contributed by atoms with Crippen molar-refractivity contribution in [1.29, 1.82) is 0 Å². The van der Waals surface area contributed by atoms with Crippen LogP contribution in [0, 0.1) is 12.7 Å². The zero-order valence-electron chi connectivity index (χ0n) is 14.7. The normalized spacial score (nSPS) is 14.7. The third-order valence-corrected chi connectivity index (χ3v) is 4.84. The molecule has 1 fully saturated rings. The molecule has 1 saturated carbocycles. The quantitative estimate of drug-likeness (QED) is 0.753. The molecule has 0 unspecified atom stereocenters. The van der Waals surface area contributed by atoms with Crippen LogP contribution in [0.3, 0.4) is 0 Å². The van der Waals surface area contributed by atoms with E-state index >= 15 is 0 Å². The Morgan fingerprint density at radius 1 is 1.07 bits per heavy atom. The summed E-state index contributed by atoms with van der Waals surface area (Å²) in [6.07, 6.45) is 1.51. The van der Waals surface area contributed by atoms with Crippen LogP contribution in [0.5, 0.6) is 0 Å². The van der Waals surface area contributed by atoms with Crippen LogP contribution in [0.2, 0.25) is 0 Å². The largest absolute Gasteiger partial charge is 0.480 e. The number of carbonyl (C=O) groups excluding carboxylic acids is 2. The fourth-order valence-corrected chi connectivity index (χ4v) is 2.95. The predicted octanol–water partition coefficient (Wildman–Crippen LogP) is 3.12. The summed E-state index contributed by atoms with van der Waals surface area (Å²) < 4.78 is 13.8. The number of carboxylic acid groups (broad SMARTS) is 1. The Kier molecular flexibility index (Phi) is 4.94. The molecule has 2 aromatic rings. The Balaban J connectivity index is 1.80. The van der Waals surface area contributed by atoms with Crippen LogP contribution >= 0.6 is 0 Å². The molecule has 0 bridgehead atoms. The summed E-state index contributed by atoms with van der Waals surface area (Å²) >= 11 is 0. The Morgan fingerprint density at radius 3 is 2.37 bits per heavy atom. The number of benzene rings is 2. The number of aryl methyl sites for hydroxylation is 1. The second kappa shape index (κ2) is 7.19. The average molecular weight is 370 g/mol. The average Bonchev–Trinajstić information content (AvgIpc) is 2.59. The molecule has 2 amide bonds. The van der Waals surface area contributed by atoms with Crippen LogP contribution in [-0.4, -0.2) is 28.4 Å². The molecule has 0 atom stereocenters. The third kappa shape index (κ3) is 3.67. The lowest BCUT2D eigenvalue weighted by Gasteiger charge is -2.38. The molecule has 0 aliphatic heterocycles. The fourth-order valence-electron chi connectivity index (χ4n) is 2.95. The van der Waals surface area contributed by atoms with Crippen molar-refractivity contribution < 1.29 is 23.9 Å². The second-order valence-corrected chi connectivity index (χ2v) is 6.66. The molecule has 1 aliphatic rings. The molecule has 7 heteroatoms. The first kappa shape index (κ1) is 18.6. The van der Waals surface area contributed by atoms with Crippen LogP contribution in [0.1, 0.15) is 45.5 Å². The summed E-state index contributed by atoms with van der Waals surface area (Å²) in [6, 6.07) is 10.2. The zero-order chi connectivity index (χ0) is 19.6. The first-order valence-corrected chi connectivity index (χ1v) is 8.55. The molecule has 3 rings (SSSR count). The summed E-state index contributed by atoms with van der Waals surface area (Å²) in [7, 11) is 0. The van der Waals surface area contributed by atoms with Crippen molar-refractivity contribution >= 4 is 23.5 Å². The number of rotatable bonds is 5. The van der Waals surface area contributed by atoms with Crippen LogP contribution < -0.4 is 10.6 Å². The number of nitrogens with one attached hydrogen (secondary N) is 2. The highest BCUT2D eigenvalue weighted by Gasteiger charge is 2.45. The van der Waals surface area contributed by atoms with E-state index in [0.29, 0.717) is 24.1 Å². The molecule has 0 aromatic heterocycles. The first-order chi connectivity index (χ1) is 12.8. The minimum atomic E-state index is -1.22. The number of hydrogen-bond acceptors (Lipinski definition) is 3. The highest BCUT2D eigenvalue weighted by atomic mass is 19.1. The number of aliphatic carboxylic acids is 1. The molecule has 1 aliphatic carbocycles. The predicted molar refractivity (Wildman–Crippen MR) is 97.2 cm³/mol. The van der Waals surface area contributed by atoms with E-state index in [1.807, 2.05) is 0 Å². The van der Waals surface area contributed by atoms with Gasteiger partial charge in [0.1, 0.15) is 11.4 Å². The second-order valence-electron chi connectivity index (χ2n) is 6.66. The minimum absolute atomic E-state index is 0.106. The standard InChI is InChI=1S/C20H19FN2O4/c1-12-7-8-13(17(24)23-20(19(26)27)9-4-10-20)11-16(12)22-18(25)14-5-2-3-6-15(14)21/h2-3,5-8,11H,4,9-10H2,1H3,(H,22,25)(H,23,24)(H,26,27). The van der Waals surface area contributed by atoms with Crippen molar-refractivity contribution in [3.05, 3.63) is 65.0 Å². The molecule has 0 heterocycles. The minimum Gasteiger partial charge on any atom is -0.480 e. The molecule has 0 spiro atoms. The van der Waals surface area contributed by atoms with Gasteiger partial charge in [-0.3, -0.25) is 9.59 Å². The van der Waals surface area contributed by atoms with Crippen LogP contribution in [0.25, 0.3) is 0 Å². The number of carboxylic acids is 1. The molecule has 140 valence electrons. The smallest absolute Gasteiger partial charge is 0.329 e. The lowest BCUT2D eigenvalue weighted by atomic mass is 9.76. The van der Waals surface area contributed by atoms with Crippen molar-refractivity contribution in [2.45, 2.75) is 31.7 Å². The van der Waals surface area contributed by atoms with Crippen molar-refractivity contribution in [3.8, 4) is 0 Å². The van der Waals surface area contributed by atoms with Crippen molar-refractivity contribution in [1.82, 2.24) is 5.32 Å². The van der Waals surface area contributed by atoms with E-state index in [0.717, 1.165) is 6.42 Å². The van der Waals surface area contributed by atoms with Gasteiger partial charge in [0.2, 0.25) is 0 Å². The Labute approximate surface area is 155 Å². The van der Waals surface area contributed by atoms with Gasteiger partial charge in [0.25, 0.3) is 11.8 Å². The van der Waals surface area contributed by atoms with E-state index in [9.17, 15) is 23.9 Å². The lowest BCUT2D eigenvalue weighted by Crippen LogP contribution is -2.59. The summed E-state index contributed by atoms with van der Waals surface area (Å²) in [5.41, 5.74) is -0.0665. The van der Waals surface area contributed by atoms with Gasteiger partial charge in [0, 0.05) is 11.3 Å². The van der Waals surface area contributed by atoms with Gasteiger partial charge in [-0.05, 0) is 56.0 Å². The van der Waals surface area contributed by atoms with Gasteiger partial charge >= 0.3 is 5.97 Å². The monoisotopic (exact) mass is 370 g/mol. The van der Waals surface area contributed by atoms with Gasteiger partial charge in [-0.15, -0.1) is 0 Å². The Morgan fingerprint density at radius 2 is 1.78 bits per heavy atom. The summed E-state index contributed by atoms with van der Waals surface area (Å²) in [6.45, 7) is 1.74. The van der Waals surface area contributed by atoms with Gasteiger partial charge in [-0.1, -0.05) is 18.2 Å². The van der Waals surface area contributed by atoms with Crippen molar-refractivity contribution in [2.75, 3.05) is 5.32 Å². The topological polar surface area (TPSA) is 95.5 Å². The SMILES string of the molecule is Cc1ccc(C(=O)NC2(C(=O)O)CCC2)cc1NC(=O)c1ccccc1F. The maximum absolute atomic E-state index is 13.8. The van der Waals surface area contributed by atoms with E-state index in [1.54, 1.807) is 25.1 Å². The van der Waals surface area contributed by atoms with E-state index < -0.39 is 29.1 Å². The maximum Gasteiger partial charge on any atom is 0.329 e. The number of carbonyl (C=O) groups is 3. The van der Waals surface area contributed by atoms with Crippen molar-refractivity contribution in [3.63, 3.8) is 0 Å². The van der Waals surface area contributed by atoms with Gasteiger partial charge in [0.15, 0.2) is 0 Å². The zero-order valence-corrected chi connectivity index (χ0v) is 14.7. The summed E-state index contributed by atoms with van der Waals surface area (Å²) in [4.78, 5) is 36.2. The van der Waals surface area contributed by atoms with Gasteiger partial charge in [-0.25, -0.2) is 9.18 Å². The van der Waals surface area contributed by atoms with Crippen LogP contribution in [-0.2, 0) is 4.79 Å². The van der Waals surface area contributed by atoms with Crippen LogP contribution in [0.4, 0.5) is 10.1 Å². The molecule has 3 N–H and O–H groups in total. The summed E-state index contributed by atoms with van der Waals surface area (Å²) in [5, 5.41) is 14.5. The molecule has 2 aromatic carbocycles. The number of amides is 2. The van der Waals surface area contributed by atoms with E-state index in [-0.39, 0.29) is 11.1 Å². The lowest BCUT2D eigenvalue weighted by molar-refractivity contribution is -0.148. The van der Waals surface area contributed by atoms with Gasteiger partial charge in [0.05, 0.1) is 5.56 Å². The van der Waals surface area contributed by atoms with E-state index in [2.05, 4.69) is 10.6 Å². The Bertz CT molecular complexity index is 922.